The van der Waals surface area contributed by atoms with E-state index in [1.54, 1.807) is 11.3 Å². The van der Waals surface area contributed by atoms with Crippen molar-refractivity contribution in [2.75, 3.05) is 18.4 Å². The molecule has 0 atom stereocenters. The van der Waals surface area contributed by atoms with Crippen molar-refractivity contribution in [2.45, 2.75) is 39.3 Å². The van der Waals surface area contributed by atoms with E-state index in [0.29, 0.717) is 17.4 Å². The quantitative estimate of drug-likeness (QED) is 0.355. The lowest BCUT2D eigenvalue weighted by Gasteiger charge is -2.32. The van der Waals surface area contributed by atoms with Gasteiger partial charge in [0, 0.05) is 25.7 Å². The summed E-state index contributed by atoms with van der Waals surface area (Å²) >= 11 is 1.55. The van der Waals surface area contributed by atoms with Gasteiger partial charge in [0.15, 0.2) is 0 Å². The first kappa shape index (κ1) is 23.7. The number of likely N-dealkylation sites (tertiary alicyclic amines) is 1. The van der Waals surface area contributed by atoms with Gasteiger partial charge in [0.25, 0.3) is 0 Å². The Balaban J connectivity index is 1.30. The molecule has 2 aromatic heterocycles. The van der Waals surface area contributed by atoms with Crippen molar-refractivity contribution in [1.29, 1.82) is 10.5 Å². The zero-order valence-electron chi connectivity index (χ0n) is 20.3. The summed E-state index contributed by atoms with van der Waals surface area (Å²) in [7, 11) is 0. The van der Waals surface area contributed by atoms with Gasteiger partial charge < -0.3 is 10.1 Å². The molecule has 1 aliphatic heterocycles. The number of aromatic nitrogens is 2. The Labute approximate surface area is 214 Å². The number of rotatable bonds is 6. The highest BCUT2D eigenvalue weighted by molar-refractivity contribution is 7.17. The van der Waals surface area contributed by atoms with E-state index in [9.17, 15) is 10.5 Å². The predicted octanol–water partition coefficient (Wildman–Crippen LogP) is 5.92. The molecule has 0 spiro atoms. The molecule has 5 rings (SSSR count). The minimum Gasteiger partial charge on any atom is -0.437 e. The maximum Gasteiger partial charge on any atom is 0.242 e. The third-order valence-electron chi connectivity index (χ3n) is 6.51. The number of hydrogen-bond donors (Lipinski definition) is 1. The first-order chi connectivity index (χ1) is 17.5. The Morgan fingerprint density at radius 3 is 2.53 bits per heavy atom. The minimum absolute atomic E-state index is 0.259. The van der Waals surface area contributed by atoms with Crippen LogP contribution in [0.3, 0.4) is 0 Å². The summed E-state index contributed by atoms with van der Waals surface area (Å²) in [5.41, 5.74) is 5.08. The van der Waals surface area contributed by atoms with Gasteiger partial charge >= 0.3 is 0 Å². The van der Waals surface area contributed by atoms with Crippen molar-refractivity contribution in [1.82, 2.24) is 14.9 Å². The number of benzene rings is 2. The summed E-state index contributed by atoms with van der Waals surface area (Å²) in [6.07, 6.45) is 1.92. The van der Waals surface area contributed by atoms with E-state index in [1.165, 1.54) is 0 Å². The van der Waals surface area contributed by atoms with E-state index in [-0.39, 0.29) is 6.04 Å². The van der Waals surface area contributed by atoms with Crippen LogP contribution in [-0.4, -0.2) is 34.0 Å². The monoisotopic (exact) mass is 494 g/mol. The molecule has 3 heterocycles. The average molecular weight is 495 g/mol. The Morgan fingerprint density at radius 1 is 1.06 bits per heavy atom. The normalized spacial score (nSPS) is 14.3. The number of anilines is 1. The summed E-state index contributed by atoms with van der Waals surface area (Å²) in [6, 6.07) is 18.2. The molecule has 7 nitrogen and oxygen atoms in total. The number of fused-ring (bicyclic) bond motifs is 1. The van der Waals surface area contributed by atoms with Gasteiger partial charge in [0.1, 0.15) is 10.4 Å². The molecule has 0 unspecified atom stereocenters. The van der Waals surface area contributed by atoms with Gasteiger partial charge in [-0.2, -0.15) is 15.5 Å². The number of hydrogen-bond acceptors (Lipinski definition) is 8. The number of nitriles is 2. The van der Waals surface area contributed by atoms with Gasteiger partial charge in [-0.25, -0.2) is 4.98 Å². The maximum absolute atomic E-state index is 9.37. The second-order valence-electron chi connectivity index (χ2n) is 9.10. The summed E-state index contributed by atoms with van der Waals surface area (Å²) in [6.45, 7) is 6.54. The Bertz CT molecular complexity index is 1470. The lowest BCUT2D eigenvalue weighted by Crippen LogP contribution is -2.39. The number of nitrogens with one attached hydrogen (secondary N) is 1. The van der Waals surface area contributed by atoms with Crippen molar-refractivity contribution < 1.29 is 4.74 Å². The molecule has 1 N–H and O–H groups in total. The molecule has 1 saturated heterocycles. The third-order valence-corrected chi connectivity index (χ3v) is 7.40. The SMILES string of the molecule is Cc1cc(C#N)cc(C)c1Oc1nc(NC2CCN(Cc3ccccc3C#N)CC2)nc2ccsc12. The van der Waals surface area contributed by atoms with Crippen molar-refractivity contribution >= 4 is 27.5 Å². The molecule has 0 amide bonds. The molecule has 180 valence electrons. The average Bonchev–Trinajstić information content (AvgIpc) is 3.36. The summed E-state index contributed by atoms with van der Waals surface area (Å²) in [4.78, 5) is 11.9. The summed E-state index contributed by atoms with van der Waals surface area (Å²) < 4.78 is 7.22. The first-order valence-corrected chi connectivity index (χ1v) is 12.8. The van der Waals surface area contributed by atoms with Crippen LogP contribution in [0.25, 0.3) is 10.2 Å². The molecule has 2 aromatic carbocycles. The lowest BCUT2D eigenvalue weighted by atomic mass is 10.0. The Kier molecular flexibility index (Phi) is 6.81. The van der Waals surface area contributed by atoms with E-state index < -0.39 is 0 Å². The van der Waals surface area contributed by atoms with Crippen LogP contribution in [0.15, 0.2) is 47.8 Å². The van der Waals surface area contributed by atoms with E-state index in [2.05, 4.69) is 22.4 Å². The third kappa shape index (κ3) is 5.01. The maximum atomic E-state index is 9.37. The fraction of sp³-hybridized carbons (Fsp3) is 0.286. The van der Waals surface area contributed by atoms with Crippen LogP contribution in [0.5, 0.6) is 11.6 Å². The highest BCUT2D eigenvalue weighted by atomic mass is 32.1. The van der Waals surface area contributed by atoms with Crippen LogP contribution >= 0.6 is 11.3 Å². The lowest BCUT2D eigenvalue weighted by molar-refractivity contribution is 0.211. The number of nitrogens with zero attached hydrogens (tertiary/aromatic N) is 5. The highest BCUT2D eigenvalue weighted by Gasteiger charge is 2.22. The Hall–Kier alpha value is -3.98. The number of thiophene rings is 1. The molecule has 0 aliphatic carbocycles. The van der Waals surface area contributed by atoms with Gasteiger partial charge in [-0.05, 0) is 73.0 Å². The van der Waals surface area contributed by atoms with E-state index in [1.807, 2.05) is 61.7 Å². The molecule has 0 radical (unpaired) electrons. The highest BCUT2D eigenvalue weighted by Crippen LogP contribution is 2.36. The molecule has 1 fully saturated rings. The van der Waals surface area contributed by atoms with Gasteiger partial charge in [0.2, 0.25) is 11.8 Å². The zero-order valence-corrected chi connectivity index (χ0v) is 21.1. The first-order valence-electron chi connectivity index (χ1n) is 12.0. The molecular weight excluding hydrogens is 468 g/mol. The van der Waals surface area contributed by atoms with Crippen LogP contribution in [0, 0.1) is 36.5 Å². The Morgan fingerprint density at radius 2 is 1.81 bits per heavy atom. The number of ether oxygens (including phenoxy) is 1. The number of aryl methyl sites for hydroxylation is 2. The minimum atomic E-state index is 0.259. The van der Waals surface area contributed by atoms with Gasteiger partial charge in [-0.1, -0.05) is 18.2 Å². The van der Waals surface area contributed by atoms with Crippen LogP contribution < -0.4 is 10.1 Å². The second-order valence-corrected chi connectivity index (χ2v) is 10.0. The molecule has 36 heavy (non-hydrogen) atoms. The predicted molar refractivity (Wildman–Crippen MR) is 141 cm³/mol. The smallest absolute Gasteiger partial charge is 0.242 e. The van der Waals surface area contributed by atoms with Gasteiger partial charge in [-0.3, -0.25) is 4.90 Å². The van der Waals surface area contributed by atoms with Crippen LogP contribution in [0.2, 0.25) is 0 Å². The molecule has 0 bridgehead atoms. The van der Waals surface area contributed by atoms with Crippen molar-refractivity contribution in [2.24, 2.45) is 0 Å². The molecule has 0 saturated carbocycles. The van der Waals surface area contributed by atoms with E-state index >= 15 is 0 Å². The van der Waals surface area contributed by atoms with E-state index in [4.69, 9.17) is 14.7 Å². The molecular formula is C28H26N6OS. The topological polar surface area (TPSA) is 97.9 Å². The fourth-order valence-corrected chi connectivity index (χ4v) is 5.42. The second kappa shape index (κ2) is 10.3. The molecule has 8 heteroatoms. The standard InChI is InChI=1S/C28H26N6OS/c1-18-13-20(15-29)14-19(2)25(18)35-27-26-24(9-12-36-26)32-28(33-27)31-23-7-10-34(11-8-23)17-22-6-4-3-5-21(22)16-30/h3-6,9,12-14,23H,7-8,10-11,17H2,1-2H3,(H,31,32,33). The molecule has 1 aliphatic rings. The van der Waals surface area contributed by atoms with Crippen LogP contribution in [0.1, 0.15) is 40.7 Å². The summed E-state index contributed by atoms with van der Waals surface area (Å²) in [5, 5.41) is 24.1. The largest absolute Gasteiger partial charge is 0.437 e. The van der Waals surface area contributed by atoms with Gasteiger partial charge in [0.05, 0.1) is 28.8 Å². The van der Waals surface area contributed by atoms with E-state index in [0.717, 1.165) is 70.7 Å². The van der Waals surface area contributed by atoms with Crippen molar-refractivity contribution in [3.05, 3.63) is 75.7 Å². The van der Waals surface area contributed by atoms with Crippen LogP contribution in [0.4, 0.5) is 5.95 Å². The fourth-order valence-electron chi connectivity index (χ4n) is 4.67. The van der Waals surface area contributed by atoms with Crippen molar-refractivity contribution in [3.8, 4) is 23.8 Å². The molecule has 4 aromatic rings. The number of piperidine rings is 1. The summed E-state index contributed by atoms with van der Waals surface area (Å²) in [5.74, 6) is 1.81. The zero-order chi connectivity index (χ0) is 25.1. The van der Waals surface area contributed by atoms with Gasteiger partial charge in [-0.15, -0.1) is 11.3 Å². The van der Waals surface area contributed by atoms with Crippen molar-refractivity contribution in [3.63, 3.8) is 0 Å². The van der Waals surface area contributed by atoms with Crippen LogP contribution in [-0.2, 0) is 6.54 Å².